The summed E-state index contributed by atoms with van der Waals surface area (Å²) >= 11 is 112. The van der Waals surface area contributed by atoms with Gasteiger partial charge in [-0.05, 0) is 82.1 Å². The fraction of sp³-hybridized carbons (Fsp3) is 1.00. The van der Waals surface area contributed by atoms with Crippen LogP contribution in [0.15, 0.2) is 0 Å². The van der Waals surface area contributed by atoms with Crippen molar-refractivity contribution in [3.63, 3.8) is 0 Å². The Labute approximate surface area is 755 Å². The lowest BCUT2D eigenvalue weighted by atomic mass is 10.5. The number of halogens is 28. The van der Waals surface area contributed by atoms with Gasteiger partial charge in [-0.2, -0.15) is 44.3 Å². The molecule has 6 rings (SSSR count). The molecule has 0 radical (unpaired) electrons. The average Bonchev–Trinajstić information content (AvgIpc) is 0.675. The molecule has 6 saturated heterocycles. The monoisotopic (exact) mass is 2400 g/mol. The van der Waals surface area contributed by atoms with Crippen LogP contribution in [0, 0.1) is 0 Å². The molecule has 0 nitrogen and oxygen atoms in total. The molecule has 0 amide bonds. The van der Waals surface area contributed by atoms with Gasteiger partial charge in [-0.25, -0.2) is 0 Å². The van der Waals surface area contributed by atoms with Gasteiger partial charge < -0.3 is 0 Å². The van der Waals surface area contributed by atoms with Crippen molar-refractivity contribution >= 4 is 573 Å². The lowest BCUT2D eigenvalue weighted by Gasteiger charge is -2.62. The van der Waals surface area contributed by atoms with E-state index in [0.717, 1.165) is 38.1 Å². The van der Waals surface area contributed by atoms with Gasteiger partial charge in [-0.15, -0.1) is 156 Å². The molecule has 6 fully saturated rings. The second-order valence-corrected chi connectivity index (χ2v) is 304. The molecule has 15 atom stereocenters. The highest BCUT2D eigenvalue weighted by Gasteiger charge is 2.91. The van der Waals surface area contributed by atoms with Crippen LogP contribution >= 0.6 is 309 Å². The molecular formula is C31H120Cl28Si33. The molecular weight excluding hydrogens is 2290 g/mol. The normalized spacial score (nSPS) is 35.6. The first-order chi connectivity index (χ1) is 39.0. The predicted molar refractivity (Wildman–Crippen MR) is 577 cm³/mol. The van der Waals surface area contributed by atoms with Crippen molar-refractivity contribution < 1.29 is 0 Å². The van der Waals surface area contributed by atoms with E-state index in [9.17, 15) is 0 Å². The summed E-state index contributed by atoms with van der Waals surface area (Å²) in [5, 5.41) is 4.47. The van der Waals surface area contributed by atoms with Gasteiger partial charge in [-0.1, -0.05) is 166 Å². The maximum absolute atomic E-state index is 7.05. The van der Waals surface area contributed by atoms with Gasteiger partial charge in [0.05, 0.1) is 0 Å². The molecule has 15 unspecified atom stereocenters. The van der Waals surface area contributed by atoms with Crippen LogP contribution in [0.3, 0.4) is 0 Å². The zero-order chi connectivity index (χ0) is 67.8. The largest absolute Gasteiger partial charge is 0.341 e. The highest BCUT2D eigenvalue weighted by molar-refractivity contribution is 8.39. The summed E-state index contributed by atoms with van der Waals surface area (Å²) in [4.78, 5) is 0. The molecule has 0 aromatic rings. The summed E-state index contributed by atoms with van der Waals surface area (Å²) in [6, 6.07) is 7.35. The summed E-state index contributed by atoms with van der Waals surface area (Å²) in [5.74, 6) is -3.08. The SMILES string of the molecule is C.C.C.C.C.C.C[SiH2]C[SiH](C)C[SiH](C)[SiH]1[SiH2][SiH2][SiH2]C([SiH3])C([SiH3])[SiH2][SiH2]1.C[SiH]1CC[Si]2(C)CC([SiH3])C([SiH3])[SiH](C)[Si]2(C)[SiH]1C.Cl.ClCl.ClCl.ClCl.ClCl.ClCl.Cl[Si](Cl)(Cl)C[Si](Cl)(Cl)C[Si](Cl)(Cl)[SiH]1[SiH2][SiH2]CC[SiH2][SiH2][SiH2]1.Cl[Si]1(Cl)C[Si]2(Cl)CCC[Si](Cl)(Cl)[Si]2(Cl)[Si](Cl)(Cl)[Si]1(Cl)Cl. The van der Waals surface area contributed by atoms with Gasteiger partial charge in [0.1, 0.15) is 0 Å². The van der Waals surface area contributed by atoms with Crippen molar-refractivity contribution in [3.8, 4) is 0 Å². The lowest BCUT2D eigenvalue weighted by molar-refractivity contribution is 0.960. The molecule has 0 aromatic heterocycles. The molecule has 572 valence electrons. The summed E-state index contributed by atoms with van der Waals surface area (Å²) in [6.07, 6.45) is -7.26. The Morgan fingerprint density at radius 1 is 0.598 bits per heavy atom. The molecule has 0 spiro atoms. The Bertz CT molecular complexity index is 1810. The van der Waals surface area contributed by atoms with E-state index < -0.39 is 77.2 Å². The van der Waals surface area contributed by atoms with Crippen molar-refractivity contribution in [2.24, 2.45) is 0 Å². The summed E-state index contributed by atoms with van der Waals surface area (Å²) in [6.45, 7) is 16.9. The second kappa shape index (κ2) is 61.6. The zero-order valence-electron chi connectivity index (χ0n) is 51.4. The molecule has 0 bridgehead atoms. The quantitative estimate of drug-likeness (QED) is 0.151. The number of hydrogen-bond donors (Lipinski definition) is 0. The number of rotatable bonds is 10. The molecule has 0 N–H and O–H groups in total. The highest BCUT2D eigenvalue weighted by Crippen LogP contribution is 2.66. The minimum atomic E-state index is -3.40. The van der Waals surface area contributed by atoms with Crippen LogP contribution in [-0.4, -0.2) is 264 Å². The number of fused-ring (bicyclic) bond motifs is 2. The molecule has 61 heteroatoms. The van der Waals surface area contributed by atoms with Crippen LogP contribution in [0.25, 0.3) is 0 Å². The van der Waals surface area contributed by atoms with Gasteiger partial charge in [0.2, 0.25) is 12.1 Å². The van der Waals surface area contributed by atoms with Crippen molar-refractivity contribution in [1.82, 2.24) is 0 Å². The van der Waals surface area contributed by atoms with Crippen molar-refractivity contribution in [3.05, 3.63) is 0 Å². The van der Waals surface area contributed by atoms with Crippen LogP contribution in [0.4, 0.5) is 0 Å². The highest BCUT2D eigenvalue weighted by atomic mass is 36.5. The topological polar surface area (TPSA) is 0 Å². The number of hydrogen-bond acceptors (Lipinski definition) is 0. The van der Waals surface area contributed by atoms with E-state index in [1.165, 1.54) is 10.7 Å². The smallest absolute Gasteiger partial charge is 0.170 e. The van der Waals surface area contributed by atoms with Gasteiger partial charge in [0.15, 0.2) is 6.90 Å². The average molecular weight is 2410 g/mol. The third kappa shape index (κ3) is 38.6. The van der Waals surface area contributed by atoms with E-state index in [2.05, 4.69) is 161 Å². The first kappa shape index (κ1) is 128. The van der Waals surface area contributed by atoms with E-state index in [-0.39, 0.29) is 132 Å². The molecule has 0 aliphatic carbocycles. The first-order valence-corrected chi connectivity index (χ1v) is 152. The van der Waals surface area contributed by atoms with E-state index in [0.29, 0.717) is 68.2 Å². The predicted octanol–water partition coefficient (Wildman–Crippen LogP) is 11.3. The first-order valence-electron chi connectivity index (χ1n) is 29.4. The van der Waals surface area contributed by atoms with Gasteiger partial charge in [0, 0.05) is 264 Å². The van der Waals surface area contributed by atoms with E-state index in [4.69, 9.17) is 188 Å². The fourth-order valence-corrected chi connectivity index (χ4v) is 909. The van der Waals surface area contributed by atoms with Crippen LogP contribution in [0.2, 0.25) is 144 Å². The molecule has 92 heavy (non-hydrogen) atoms. The van der Waals surface area contributed by atoms with Gasteiger partial charge in [0.25, 0.3) is 30.6 Å². The standard InChI is InChI=1S/C10H32Si7.C7H36Si11.C4H8Cl10Si6.C4H19Cl7Si9.6CH4.5Cl2.ClH/c1-13-6-7-16(4)8-9(11)10(12)14(2)17(16,5)15(13)3;1-10-4-16(2)5-17(3)18-14-12-7(9)6(8)11-13-15-18;5-15-2-1-3-16(6,7)20(15,14)19(12,13)18(10,11)17(8,9)4-15;5-18(6,3-19(7,8)9)4-20(10,11)17-15-13-2-1-12-14-16-17;;;;;;;5*1-2;/h9-10,13-15H,6-8H2,1-5,11-12H3;6-7,16-18H,4-5,10-15H2,1-3,8-9H3;1-4H2;17H,1-4,12-16H2;6*1H4;;;;;;1H. The second-order valence-electron chi connectivity index (χ2n) is 26.1. The van der Waals surface area contributed by atoms with E-state index in [1.807, 2.05) is 23.4 Å². The summed E-state index contributed by atoms with van der Waals surface area (Å²) in [7, 11) is 50.9. The molecule has 6 aliphatic rings. The van der Waals surface area contributed by atoms with E-state index >= 15 is 0 Å². The molecule has 0 aromatic carbocycles. The summed E-state index contributed by atoms with van der Waals surface area (Å²) < 4.78 is 0. The Morgan fingerprint density at radius 2 is 1.08 bits per heavy atom. The third-order valence-electron chi connectivity index (χ3n) is 20.8. The lowest BCUT2D eigenvalue weighted by Crippen LogP contribution is -2.92. The Morgan fingerprint density at radius 3 is 1.55 bits per heavy atom. The molecule has 6 heterocycles. The zero-order valence-corrected chi connectivity index (χ0v) is 115. The molecule has 0 saturated carbocycles. The van der Waals surface area contributed by atoms with Crippen molar-refractivity contribution in [2.45, 2.75) is 195 Å². The minimum absolute atomic E-state index is 0. The van der Waals surface area contributed by atoms with Crippen LogP contribution in [0.5, 0.6) is 0 Å². The Kier molecular flexibility index (Phi) is 85.7. The van der Waals surface area contributed by atoms with Crippen LogP contribution < -0.4 is 0 Å². The summed E-state index contributed by atoms with van der Waals surface area (Å²) in [5.41, 5.74) is -0.140. The van der Waals surface area contributed by atoms with Gasteiger partial charge >= 0.3 is 6.00 Å². The van der Waals surface area contributed by atoms with Crippen molar-refractivity contribution in [2.75, 3.05) is 0 Å². The molecule has 6 aliphatic heterocycles. The maximum Gasteiger partial charge on any atom is 0.341 e. The Balaban J connectivity index is -0.000000114. The van der Waals surface area contributed by atoms with E-state index in [1.54, 1.807) is 69.4 Å². The van der Waals surface area contributed by atoms with Gasteiger partial charge in [-0.3, -0.25) is 0 Å². The Hall–Kier alpha value is 15.3. The van der Waals surface area contributed by atoms with Crippen LogP contribution in [0.1, 0.15) is 51.0 Å². The van der Waals surface area contributed by atoms with Crippen molar-refractivity contribution in [1.29, 1.82) is 0 Å². The third-order valence-corrected chi connectivity index (χ3v) is 569. The minimum Gasteiger partial charge on any atom is -0.170 e. The van der Waals surface area contributed by atoms with Crippen LogP contribution in [-0.2, 0) is 0 Å². The fourth-order valence-electron chi connectivity index (χ4n) is 14.9. The maximum atomic E-state index is 7.05.